The first-order valence-corrected chi connectivity index (χ1v) is 12.3. The summed E-state index contributed by atoms with van der Waals surface area (Å²) in [4.78, 5) is 26.7. The van der Waals surface area contributed by atoms with Crippen LogP contribution >= 0.6 is 23.2 Å². The summed E-state index contributed by atoms with van der Waals surface area (Å²) in [6.45, 7) is 3.08. The molecular formula is C27H27Cl2N3O3. The lowest BCUT2D eigenvalue weighted by atomic mass is 9.93. The van der Waals surface area contributed by atoms with Crippen LogP contribution < -0.4 is 0 Å². The number of aromatic nitrogens is 1. The molecule has 1 amide bonds. The lowest BCUT2D eigenvalue weighted by Gasteiger charge is -2.32. The highest BCUT2D eigenvalue weighted by Crippen LogP contribution is 2.34. The number of hydrogen-bond acceptors (Lipinski definition) is 4. The van der Waals surface area contributed by atoms with Crippen LogP contribution in [0.4, 0.5) is 0 Å². The van der Waals surface area contributed by atoms with Gasteiger partial charge in [-0.3, -0.25) is 9.59 Å². The molecule has 4 rings (SSSR count). The van der Waals surface area contributed by atoms with E-state index in [4.69, 9.17) is 27.9 Å². The van der Waals surface area contributed by atoms with Crippen molar-refractivity contribution in [3.8, 4) is 6.07 Å². The molecule has 1 fully saturated rings. The van der Waals surface area contributed by atoms with Crippen LogP contribution in [0.1, 0.15) is 52.0 Å². The fourth-order valence-electron chi connectivity index (χ4n) is 4.83. The Morgan fingerprint density at radius 1 is 1.17 bits per heavy atom. The molecule has 0 bridgehead atoms. The van der Waals surface area contributed by atoms with Crippen molar-refractivity contribution >= 4 is 46.0 Å². The molecule has 1 aliphatic heterocycles. The van der Waals surface area contributed by atoms with E-state index in [-0.39, 0.29) is 17.8 Å². The third-order valence-corrected chi connectivity index (χ3v) is 7.86. The number of carbonyl (C=O) groups excluding carboxylic acids is 2. The molecule has 8 heteroatoms. The third-order valence-electron chi connectivity index (χ3n) is 7.07. The van der Waals surface area contributed by atoms with Crippen LogP contribution in [0, 0.1) is 24.2 Å². The van der Waals surface area contributed by atoms with Gasteiger partial charge in [-0.2, -0.15) is 5.26 Å². The van der Waals surface area contributed by atoms with Gasteiger partial charge in [0.15, 0.2) is 0 Å². The summed E-state index contributed by atoms with van der Waals surface area (Å²) >= 11 is 13.3. The van der Waals surface area contributed by atoms with Crippen molar-refractivity contribution in [1.29, 1.82) is 5.26 Å². The zero-order valence-electron chi connectivity index (χ0n) is 20.0. The Kier molecular flexibility index (Phi) is 7.39. The molecule has 1 saturated heterocycles. The summed E-state index contributed by atoms with van der Waals surface area (Å²) in [5.41, 5.74) is 4.71. The van der Waals surface area contributed by atoms with E-state index < -0.39 is 0 Å². The predicted octanol–water partition coefficient (Wildman–Crippen LogP) is 5.67. The third kappa shape index (κ3) is 4.89. The first-order valence-electron chi connectivity index (χ1n) is 11.6. The number of piperidine rings is 1. The maximum atomic E-state index is 13.3. The molecule has 0 spiro atoms. The van der Waals surface area contributed by atoms with E-state index >= 15 is 0 Å². The fraction of sp³-hybridized carbons (Fsp3) is 0.370. The smallest absolute Gasteiger partial charge is 0.305 e. The lowest BCUT2D eigenvalue weighted by Crippen LogP contribution is -2.39. The van der Waals surface area contributed by atoms with Gasteiger partial charge in [-0.25, -0.2) is 0 Å². The van der Waals surface area contributed by atoms with Gasteiger partial charge in [0.25, 0.3) is 5.91 Å². The molecule has 6 nitrogen and oxygen atoms in total. The standard InChI is InChI=1S/C27H27Cl2N3O3/c1-16-18(15-30)4-7-24-21(16)13-19(31(24)2)14-22-23(28)6-5-20(26(22)29)27(34)32-10-8-17(9-11-32)12-25(33)35-3/h4-7,13,17H,8-12,14H2,1-3H3. The number of benzene rings is 2. The summed E-state index contributed by atoms with van der Waals surface area (Å²) < 4.78 is 6.83. The second kappa shape index (κ2) is 10.3. The maximum Gasteiger partial charge on any atom is 0.305 e. The van der Waals surface area contributed by atoms with Crippen LogP contribution in [0.5, 0.6) is 0 Å². The van der Waals surface area contributed by atoms with Gasteiger partial charge in [0.05, 0.1) is 29.3 Å². The van der Waals surface area contributed by atoms with Gasteiger partial charge < -0.3 is 14.2 Å². The number of carbonyl (C=O) groups is 2. The zero-order chi connectivity index (χ0) is 25.3. The summed E-state index contributed by atoms with van der Waals surface area (Å²) in [5.74, 6) is -0.122. The van der Waals surface area contributed by atoms with E-state index in [2.05, 4.69) is 16.7 Å². The Morgan fingerprint density at radius 3 is 2.54 bits per heavy atom. The number of esters is 1. The summed E-state index contributed by atoms with van der Waals surface area (Å²) in [6.07, 6.45) is 2.33. The van der Waals surface area contributed by atoms with Crippen molar-refractivity contribution in [2.75, 3.05) is 20.2 Å². The average Bonchev–Trinajstić information content (AvgIpc) is 3.18. The van der Waals surface area contributed by atoms with Crippen LogP contribution in [-0.2, 0) is 23.0 Å². The molecule has 35 heavy (non-hydrogen) atoms. The highest BCUT2D eigenvalue weighted by Gasteiger charge is 2.27. The van der Waals surface area contributed by atoms with Gasteiger partial charge in [0.1, 0.15) is 0 Å². The van der Waals surface area contributed by atoms with Crippen LogP contribution in [0.25, 0.3) is 10.9 Å². The number of fused-ring (bicyclic) bond motifs is 1. The highest BCUT2D eigenvalue weighted by atomic mass is 35.5. The van der Waals surface area contributed by atoms with E-state index in [1.165, 1.54) is 7.11 Å². The van der Waals surface area contributed by atoms with Crippen LogP contribution in [0.15, 0.2) is 30.3 Å². The van der Waals surface area contributed by atoms with Gasteiger partial charge in [-0.15, -0.1) is 0 Å². The van der Waals surface area contributed by atoms with Crippen molar-refractivity contribution in [2.24, 2.45) is 13.0 Å². The number of hydrogen-bond donors (Lipinski definition) is 0. The van der Waals surface area contributed by atoms with E-state index in [0.29, 0.717) is 52.7 Å². The second-order valence-electron chi connectivity index (χ2n) is 9.06. The second-order valence-corrected chi connectivity index (χ2v) is 9.84. The number of rotatable bonds is 5. The van der Waals surface area contributed by atoms with Crippen molar-refractivity contribution in [3.63, 3.8) is 0 Å². The number of aryl methyl sites for hydroxylation is 2. The molecular weight excluding hydrogens is 485 g/mol. The Bertz CT molecular complexity index is 1350. The number of halogens is 2. The Labute approximate surface area is 215 Å². The van der Waals surface area contributed by atoms with Crippen molar-refractivity contribution in [1.82, 2.24) is 9.47 Å². The molecule has 3 aromatic rings. The molecule has 2 heterocycles. The zero-order valence-corrected chi connectivity index (χ0v) is 21.5. The number of nitrogens with zero attached hydrogens (tertiary/aromatic N) is 3. The SMILES string of the molecule is COC(=O)CC1CCN(C(=O)c2ccc(Cl)c(Cc3cc4c(C)c(C#N)ccc4n3C)c2Cl)CC1. The number of likely N-dealkylation sites (tertiary alicyclic amines) is 1. The molecule has 0 radical (unpaired) electrons. The quantitative estimate of drug-likeness (QED) is 0.413. The maximum absolute atomic E-state index is 13.3. The molecule has 0 N–H and O–H groups in total. The van der Waals surface area contributed by atoms with E-state index in [1.807, 2.05) is 26.1 Å². The minimum atomic E-state index is -0.215. The summed E-state index contributed by atoms with van der Waals surface area (Å²) in [5, 5.41) is 11.2. The van der Waals surface area contributed by atoms with E-state index in [0.717, 1.165) is 35.0 Å². The van der Waals surface area contributed by atoms with E-state index in [9.17, 15) is 14.9 Å². The number of nitriles is 1. The number of methoxy groups -OCH3 is 1. The first kappa shape index (κ1) is 25.1. The monoisotopic (exact) mass is 511 g/mol. The van der Waals surface area contributed by atoms with Crippen molar-refractivity contribution < 1.29 is 14.3 Å². The molecule has 0 aliphatic carbocycles. The summed E-state index contributed by atoms with van der Waals surface area (Å²) in [7, 11) is 3.36. The van der Waals surface area contributed by atoms with Crippen molar-refractivity contribution in [3.05, 3.63) is 68.3 Å². The topological polar surface area (TPSA) is 75.3 Å². The number of ether oxygens (including phenoxy) is 1. The molecule has 1 aromatic heterocycles. The van der Waals surface area contributed by atoms with E-state index in [1.54, 1.807) is 17.0 Å². The van der Waals surface area contributed by atoms with Crippen molar-refractivity contribution in [2.45, 2.75) is 32.6 Å². The number of amides is 1. The molecule has 2 aromatic carbocycles. The Morgan fingerprint density at radius 2 is 1.89 bits per heavy atom. The molecule has 1 aliphatic rings. The van der Waals surface area contributed by atoms with Gasteiger partial charge in [0, 0.05) is 54.6 Å². The normalized spacial score (nSPS) is 14.2. The van der Waals surface area contributed by atoms with Crippen LogP contribution in [-0.4, -0.2) is 41.5 Å². The molecule has 0 unspecified atom stereocenters. The minimum Gasteiger partial charge on any atom is -0.469 e. The molecule has 182 valence electrons. The summed E-state index contributed by atoms with van der Waals surface area (Å²) in [6, 6.07) is 11.5. The Hall–Kier alpha value is -3.01. The highest BCUT2D eigenvalue weighted by molar-refractivity contribution is 6.38. The Balaban J connectivity index is 1.58. The van der Waals surface area contributed by atoms with Gasteiger partial charge in [-0.05, 0) is 67.1 Å². The largest absolute Gasteiger partial charge is 0.469 e. The molecule has 0 saturated carbocycles. The average molecular weight is 512 g/mol. The lowest BCUT2D eigenvalue weighted by molar-refractivity contribution is -0.142. The predicted molar refractivity (Wildman–Crippen MR) is 137 cm³/mol. The van der Waals surface area contributed by atoms with Gasteiger partial charge >= 0.3 is 5.97 Å². The van der Waals surface area contributed by atoms with Gasteiger partial charge in [-0.1, -0.05) is 23.2 Å². The fourth-order valence-corrected chi connectivity index (χ4v) is 5.42. The van der Waals surface area contributed by atoms with Crippen LogP contribution in [0.3, 0.4) is 0 Å². The molecule has 0 atom stereocenters. The minimum absolute atomic E-state index is 0.129. The first-order chi connectivity index (χ1) is 16.7. The van der Waals surface area contributed by atoms with Crippen LogP contribution in [0.2, 0.25) is 10.0 Å². The van der Waals surface area contributed by atoms with Gasteiger partial charge in [0.2, 0.25) is 0 Å².